The number of halogens is 1. The number of thioether (sulfide) groups is 1. The fourth-order valence-electron chi connectivity index (χ4n) is 2.42. The smallest absolute Gasteiger partial charge is 0.255 e. The summed E-state index contributed by atoms with van der Waals surface area (Å²) in [5.74, 6) is -0.122. The number of hydrogen-bond acceptors (Lipinski definition) is 5. The maximum Gasteiger partial charge on any atom is 0.255 e. The molecule has 1 aliphatic rings. The average Bonchev–Trinajstić information content (AvgIpc) is 3.09. The summed E-state index contributed by atoms with van der Waals surface area (Å²) in [7, 11) is 0. The molecular weight excluding hydrogens is 453 g/mol. The fraction of sp³-hybridized carbons (Fsp3) is 0.176. The van der Waals surface area contributed by atoms with E-state index in [4.69, 9.17) is 4.99 Å². The molecule has 1 aromatic carbocycles. The predicted octanol–water partition coefficient (Wildman–Crippen LogP) is 1.03. The van der Waals surface area contributed by atoms with E-state index in [1.807, 2.05) is 61.0 Å². The SMILES string of the molecule is CSC1=NC(c2cccs2)C(C(=O)Nc2ccccc2)=C(C)N1.[I-]. The Bertz CT molecular complexity index is 757. The molecule has 7 heteroatoms. The molecule has 126 valence electrons. The normalized spacial score (nSPS) is 16.8. The number of para-hydroxylation sites is 1. The Kier molecular flexibility index (Phi) is 6.88. The van der Waals surface area contributed by atoms with E-state index in [-0.39, 0.29) is 35.9 Å². The van der Waals surface area contributed by atoms with Crippen LogP contribution in [-0.4, -0.2) is 17.3 Å². The summed E-state index contributed by atoms with van der Waals surface area (Å²) in [6.07, 6.45) is 1.97. The van der Waals surface area contributed by atoms with Gasteiger partial charge in [0.25, 0.3) is 5.91 Å². The van der Waals surface area contributed by atoms with Crippen molar-refractivity contribution in [3.63, 3.8) is 0 Å². The van der Waals surface area contributed by atoms with Gasteiger partial charge in [-0.2, -0.15) is 0 Å². The number of hydrogen-bond donors (Lipinski definition) is 2. The first-order valence-electron chi connectivity index (χ1n) is 7.18. The molecule has 0 saturated carbocycles. The second kappa shape index (κ2) is 8.68. The maximum absolute atomic E-state index is 12.8. The Morgan fingerprint density at radius 1 is 1.25 bits per heavy atom. The number of allylic oxidation sites excluding steroid dienone is 1. The van der Waals surface area contributed by atoms with Gasteiger partial charge in [-0.1, -0.05) is 36.0 Å². The number of aliphatic imine (C=N–C) groups is 1. The minimum atomic E-state index is -0.262. The molecule has 1 atom stereocenters. The molecular formula is C17H17IN3OS2-. The highest BCUT2D eigenvalue weighted by Gasteiger charge is 2.29. The van der Waals surface area contributed by atoms with Crippen LogP contribution in [0.2, 0.25) is 0 Å². The van der Waals surface area contributed by atoms with Gasteiger partial charge in [0.15, 0.2) is 5.17 Å². The van der Waals surface area contributed by atoms with E-state index < -0.39 is 0 Å². The number of thiophene rings is 1. The van der Waals surface area contributed by atoms with Crippen molar-refractivity contribution in [1.29, 1.82) is 0 Å². The highest BCUT2D eigenvalue weighted by atomic mass is 127. The molecule has 1 aromatic heterocycles. The molecule has 0 saturated heterocycles. The number of amides is 1. The van der Waals surface area contributed by atoms with E-state index in [0.717, 1.165) is 21.4 Å². The van der Waals surface area contributed by atoms with Crippen molar-refractivity contribution in [3.05, 3.63) is 64.0 Å². The summed E-state index contributed by atoms with van der Waals surface area (Å²) in [5.41, 5.74) is 2.28. The van der Waals surface area contributed by atoms with Crippen LogP contribution in [0, 0.1) is 0 Å². The first kappa shape index (κ1) is 19.0. The van der Waals surface area contributed by atoms with Crippen molar-refractivity contribution in [2.24, 2.45) is 4.99 Å². The average molecular weight is 470 g/mol. The summed E-state index contributed by atoms with van der Waals surface area (Å²) >= 11 is 3.16. The second-order valence-electron chi connectivity index (χ2n) is 5.04. The summed E-state index contributed by atoms with van der Waals surface area (Å²) in [6, 6.07) is 13.2. The first-order chi connectivity index (χ1) is 11.2. The van der Waals surface area contributed by atoms with Crippen LogP contribution in [0.1, 0.15) is 17.8 Å². The van der Waals surface area contributed by atoms with Gasteiger partial charge in [0.1, 0.15) is 6.04 Å². The Balaban J connectivity index is 0.00000208. The molecule has 2 heterocycles. The molecule has 4 nitrogen and oxygen atoms in total. The molecule has 1 aliphatic heterocycles. The molecule has 0 radical (unpaired) electrons. The Labute approximate surface area is 166 Å². The van der Waals surface area contributed by atoms with Gasteiger partial charge in [0, 0.05) is 16.3 Å². The lowest BCUT2D eigenvalue weighted by atomic mass is 10.0. The lowest BCUT2D eigenvalue weighted by molar-refractivity contribution is -0.113. The van der Waals surface area contributed by atoms with Gasteiger partial charge in [-0.3, -0.25) is 4.79 Å². The Morgan fingerprint density at radius 3 is 2.62 bits per heavy atom. The van der Waals surface area contributed by atoms with E-state index in [1.54, 1.807) is 23.1 Å². The zero-order chi connectivity index (χ0) is 16.2. The van der Waals surface area contributed by atoms with Gasteiger partial charge in [-0.25, -0.2) is 4.99 Å². The van der Waals surface area contributed by atoms with Gasteiger partial charge in [0.05, 0.1) is 5.57 Å². The molecule has 0 aliphatic carbocycles. The largest absolute Gasteiger partial charge is 1.00 e. The molecule has 2 aromatic rings. The van der Waals surface area contributed by atoms with Gasteiger partial charge in [0.2, 0.25) is 0 Å². The summed E-state index contributed by atoms with van der Waals surface area (Å²) in [4.78, 5) is 18.6. The van der Waals surface area contributed by atoms with Crippen LogP contribution in [0.3, 0.4) is 0 Å². The van der Waals surface area contributed by atoms with Crippen LogP contribution in [0.4, 0.5) is 5.69 Å². The molecule has 0 spiro atoms. The predicted molar refractivity (Wildman–Crippen MR) is 98.9 cm³/mol. The summed E-state index contributed by atoms with van der Waals surface area (Å²) < 4.78 is 0. The molecule has 24 heavy (non-hydrogen) atoms. The van der Waals surface area contributed by atoms with Crippen LogP contribution < -0.4 is 34.6 Å². The first-order valence-corrected chi connectivity index (χ1v) is 9.29. The van der Waals surface area contributed by atoms with Crippen molar-refractivity contribution < 1.29 is 28.8 Å². The van der Waals surface area contributed by atoms with Crippen LogP contribution in [0.15, 0.2) is 64.1 Å². The van der Waals surface area contributed by atoms with Gasteiger partial charge >= 0.3 is 0 Å². The highest BCUT2D eigenvalue weighted by Crippen LogP contribution is 2.34. The number of carbonyl (C=O) groups excluding carboxylic acids is 1. The lowest BCUT2D eigenvalue weighted by Crippen LogP contribution is -3.00. The van der Waals surface area contributed by atoms with Crippen molar-refractivity contribution in [1.82, 2.24) is 5.32 Å². The van der Waals surface area contributed by atoms with Crippen LogP contribution in [0.25, 0.3) is 0 Å². The van der Waals surface area contributed by atoms with E-state index in [9.17, 15) is 4.79 Å². The topological polar surface area (TPSA) is 53.5 Å². The minimum Gasteiger partial charge on any atom is -1.00 e. The standard InChI is InChI=1S/C17H17N3OS2.HI/c1-11-14(16(21)19-12-7-4-3-5-8-12)15(13-9-6-10-23-13)20-17(18-11)22-2;/h3-10,15H,1-2H3,(H,18,20)(H,19,21);1H/p-1. The number of carbonyl (C=O) groups is 1. The van der Waals surface area contributed by atoms with E-state index in [1.165, 1.54) is 0 Å². The molecule has 2 N–H and O–H groups in total. The van der Waals surface area contributed by atoms with Crippen LogP contribution in [-0.2, 0) is 4.79 Å². The number of benzene rings is 1. The lowest BCUT2D eigenvalue weighted by Gasteiger charge is -2.25. The summed E-state index contributed by atoms with van der Waals surface area (Å²) in [5, 5.41) is 9.01. The third-order valence-electron chi connectivity index (χ3n) is 3.50. The Hall–Kier alpha value is -1.32. The van der Waals surface area contributed by atoms with Crippen molar-refractivity contribution in [3.8, 4) is 0 Å². The van der Waals surface area contributed by atoms with E-state index in [2.05, 4.69) is 10.6 Å². The van der Waals surface area contributed by atoms with Crippen molar-refractivity contribution >= 4 is 39.9 Å². The number of nitrogens with one attached hydrogen (secondary N) is 2. The van der Waals surface area contributed by atoms with Gasteiger partial charge < -0.3 is 34.6 Å². The Morgan fingerprint density at radius 2 is 2.00 bits per heavy atom. The zero-order valence-electron chi connectivity index (χ0n) is 13.2. The van der Waals surface area contributed by atoms with Crippen LogP contribution >= 0.6 is 23.1 Å². The third kappa shape index (κ3) is 4.20. The monoisotopic (exact) mass is 470 g/mol. The molecule has 0 fully saturated rings. The van der Waals surface area contributed by atoms with Gasteiger partial charge in [-0.15, -0.1) is 11.3 Å². The fourth-order valence-corrected chi connectivity index (χ4v) is 3.65. The molecule has 1 amide bonds. The minimum absolute atomic E-state index is 0. The van der Waals surface area contributed by atoms with E-state index in [0.29, 0.717) is 5.57 Å². The second-order valence-corrected chi connectivity index (χ2v) is 6.81. The van der Waals surface area contributed by atoms with Crippen molar-refractivity contribution in [2.45, 2.75) is 13.0 Å². The number of nitrogens with zero attached hydrogens (tertiary/aromatic N) is 1. The quantitative estimate of drug-likeness (QED) is 0.660. The highest BCUT2D eigenvalue weighted by molar-refractivity contribution is 8.13. The van der Waals surface area contributed by atoms with Crippen LogP contribution in [0.5, 0.6) is 0 Å². The van der Waals surface area contributed by atoms with Crippen molar-refractivity contribution in [2.75, 3.05) is 11.6 Å². The number of anilines is 1. The molecule has 0 bridgehead atoms. The zero-order valence-corrected chi connectivity index (χ0v) is 17.0. The number of rotatable bonds is 3. The summed E-state index contributed by atoms with van der Waals surface area (Å²) in [6.45, 7) is 1.92. The maximum atomic E-state index is 12.8. The molecule has 3 rings (SSSR count). The molecule has 1 unspecified atom stereocenters. The third-order valence-corrected chi connectivity index (χ3v) is 5.02. The van der Waals surface area contributed by atoms with Gasteiger partial charge in [-0.05, 0) is 36.8 Å². The van der Waals surface area contributed by atoms with E-state index >= 15 is 0 Å². The number of amidine groups is 1.